The number of rotatable bonds is 8. The van der Waals surface area contributed by atoms with E-state index < -0.39 is 61.8 Å². The molecule has 0 spiro atoms. The molecule has 0 atom stereocenters. The van der Waals surface area contributed by atoms with Gasteiger partial charge in [-0.15, -0.1) is 0 Å². The summed E-state index contributed by atoms with van der Waals surface area (Å²) in [6.07, 6.45) is 0.518. The SMILES string of the molecule is CC(C)(C)c1cc2c(O)c(c1)Cc1cc(C(C)(C)C)cc(c1OC(=O)c1ccccc1)Cc1cc(C(C)(C)C)cc(c1O)Cc1cc(C(C)(C)C)cc(c1OC(=O)c1ccccc1)Cc1cc(C(C)(C)C)cc(c1OC(=O)c1ccccc1)Cc1cc(C(C)(C)C)cc(c1O)Cc1cc(C(C)(C)C)cc(c1OC(=O)c1ccccc1)C2. The fourth-order valence-electron chi connectivity index (χ4n) is 15.1. The molecule has 116 heavy (non-hydrogen) atoms. The van der Waals surface area contributed by atoms with E-state index in [4.69, 9.17) is 18.9 Å². The van der Waals surface area contributed by atoms with Crippen LogP contribution < -0.4 is 18.9 Å². The lowest BCUT2D eigenvalue weighted by Crippen LogP contribution is -2.18. The van der Waals surface area contributed by atoms with Crippen LogP contribution in [0.25, 0.3) is 0 Å². The van der Waals surface area contributed by atoms with Crippen molar-refractivity contribution in [1.82, 2.24) is 0 Å². The van der Waals surface area contributed by atoms with Gasteiger partial charge in [0.2, 0.25) is 0 Å². The number of hydrogen-bond donors (Lipinski definition) is 3. The zero-order valence-electron chi connectivity index (χ0n) is 71.7. The van der Waals surface area contributed by atoms with E-state index in [2.05, 4.69) is 194 Å². The summed E-state index contributed by atoms with van der Waals surface area (Å²) in [7, 11) is 0. The van der Waals surface area contributed by atoms with Crippen molar-refractivity contribution in [3.8, 4) is 40.2 Å². The number of esters is 4. The van der Waals surface area contributed by atoms with E-state index in [9.17, 15) is 15.3 Å². The van der Waals surface area contributed by atoms with E-state index in [1.54, 1.807) is 97.1 Å². The van der Waals surface area contributed by atoms with Crippen LogP contribution in [0.3, 0.4) is 0 Å². The first-order valence-electron chi connectivity index (χ1n) is 40.5. The molecule has 11 aromatic carbocycles. The van der Waals surface area contributed by atoms with Gasteiger partial charge in [-0.3, -0.25) is 0 Å². The fraction of sp³-hybridized carbons (Fsp3) is 0.333. The van der Waals surface area contributed by atoms with Gasteiger partial charge in [0.15, 0.2) is 0 Å². The largest absolute Gasteiger partial charge is 0.507 e. The molecule has 11 heteroatoms. The summed E-state index contributed by atoms with van der Waals surface area (Å²) < 4.78 is 27.6. The highest BCUT2D eigenvalue weighted by molar-refractivity contribution is 5.94. The third-order valence-corrected chi connectivity index (χ3v) is 22.3. The van der Waals surface area contributed by atoms with Gasteiger partial charge in [-0.2, -0.15) is 0 Å². The van der Waals surface area contributed by atoms with Crippen molar-refractivity contribution in [3.63, 3.8) is 0 Å². The van der Waals surface area contributed by atoms with Crippen LogP contribution in [0.1, 0.15) is 304 Å². The molecule has 0 aromatic heterocycles. The molecule has 0 amide bonds. The first-order chi connectivity index (χ1) is 54.2. The minimum Gasteiger partial charge on any atom is -0.507 e. The maximum Gasteiger partial charge on any atom is 0.343 e. The number of benzene rings is 11. The van der Waals surface area contributed by atoms with Gasteiger partial charge in [0.1, 0.15) is 40.2 Å². The number of carbonyl (C=O) groups is 4. The Labute approximate surface area is 687 Å². The summed E-state index contributed by atoms with van der Waals surface area (Å²) in [5, 5.41) is 40.7. The van der Waals surface area contributed by atoms with E-state index in [1.165, 1.54) is 0 Å². The highest BCUT2D eigenvalue weighted by Crippen LogP contribution is 2.48. The zero-order valence-corrected chi connectivity index (χ0v) is 71.7. The number of phenols is 3. The second-order valence-electron chi connectivity index (χ2n) is 38.9. The second-order valence-corrected chi connectivity index (χ2v) is 38.9. The number of phenolic OH excluding ortho intramolecular Hbond substituents is 3. The van der Waals surface area contributed by atoms with E-state index in [-0.39, 0.29) is 85.2 Å². The Balaban J connectivity index is 1.23. The Hall–Kier alpha value is -11.3. The lowest BCUT2D eigenvalue weighted by atomic mass is 9.79. The predicted octanol–water partition coefficient (Wildman–Crippen LogP) is 24.2. The third-order valence-electron chi connectivity index (χ3n) is 22.3. The van der Waals surface area contributed by atoms with Gasteiger partial charge in [0.05, 0.1) is 22.3 Å². The van der Waals surface area contributed by atoms with Gasteiger partial charge >= 0.3 is 23.9 Å². The molecule has 0 saturated heterocycles. The Morgan fingerprint density at radius 1 is 0.207 bits per heavy atom. The van der Waals surface area contributed by atoms with Crippen LogP contribution in [0, 0.1) is 0 Å². The maximum atomic E-state index is 15.2. The van der Waals surface area contributed by atoms with Crippen molar-refractivity contribution in [2.45, 2.75) is 228 Å². The smallest absolute Gasteiger partial charge is 0.343 e. The summed E-state index contributed by atoms with van der Waals surface area (Å²) >= 11 is 0. The lowest BCUT2D eigenvalue weighted by molar-refractivity contribution is 0.0721. The quantitative estimate of drug-likeness (QED) is 0.0979. The number of ether oxygens (including phenoxy) is 4. The van der Waals surface area contributed by atoms with Crippen molar-refractivity contribution < 1.29 is 53.4 Å². The van der Waals surface area contributed by atoms with Crippen LogP contribution in [-0.2, 0) is 82.9 Å². The van der Waals surface area contributed by atoms with E-state index >= 15 is 19.2 Å². The second kappa shape index (κ2) is 32.4. The molecule has 600 valence electrons. The fourth-order valence-corrected chi connectivity index (χ4v) is 15.1. The van der Waals surface area contributed by atoms with E-state index in [0.717, 1.165) is 38.9 Å². The molecule has 0 unspecified atom stereocenters. The molecule has 3 N–H and O–H groups in total. The van der Waals surface area contributed by atoms with Crippen LogP contribution in [-0.4, -0.2) is 39.2 Å². The molecule has 1 aliphatic carbocycles. The minimum atomic E-state index is -0.606. The molecular weight excluding hydrogens is 1440 g/mol. The molecule has 11 nitrogen and oxygen atoms in total. The highest BCUT2D eigenvalue weighted by atomic mass is 16.5. The van der Waals surface area contributed by atoms with Crippen LogP contribution in [0.2, 0.25) is 0 Å². The average molecular weight is 1550 g/mol. The number of carbonyl (C=O) groups excluding carboxylic acids is 4. The molecule has 0 fully saturated rings. The molecular formula is C105H114O11. The van der Waals surface area contributed by atoms with Crippen molar-refractivity contribution in [3.05, 3.63) is 345 Å². The molecule has 0 aliphatic heterocycles. The maximum absolute atomic E-state index is 15.2. The summed E-state index contributed by atoms with van der Waals surface area (Å²) in [4.78, 5) is 60.5. The summed E-state index contributed by atoms with van der Waals surface area (Å²) in [6, 6.07) is 64.2. The monoisotopic (exact) mass is 1550 g/mol. The van der Waals surface area contributed by atoms with E-state index in [0.29, 0.717) is 100 Å². The normalized spacial score (nSPS) is 13.2. The third kappa shape index (κ3) is 19.3. The van der Waals surface area contributed by atoms with Crippen molar-refractivity contribution in [1.29, 1.82) is 0 Å². The molecule has 0 saturated carbocycles. The van der Waals surface area contributed by atoms with E-state index in [1.807, 2.05) is 60.7 Å². The van der Waals surface area contributed by atoms with Gasteiger partial charge in [0, 0.05) is 89.5 Å². The number of fused-ring (bicyclic) bond motifs is 14. The zero-order chi connectivity index (χ0) is 84.1. The summed E-state index contributed by atoms with van der Waals surface area (Å²) in [6.45, 7) is 44.8. The van der Waals surface area contributed by atoms with Gasteiger partial charge in [-0.25, -0.2) is 19.2 Å². The standard InChI is InChI=1S/C105H114O11/c1-99(2,3)81-49-67-42-73-55-84(102(10,11)12)57-75(91(73)113-95(109)63-34-26-22-27-35-63)44-69-51-82(100(4,5)6)53-71(89(69)107)46-77-59-86(104(16,17)18)61-79(93(77)115-97(111)65-38-30-24-31-39-65)48-80-62-87(105(19,20)21)60-78(94(80)116-98(112)66-40-32-25-33-41-66)47-72-54-83(101(7,8)9)52-70(90(72)108)45-76-58-85(103(13,14)15)56-74(43-68(50-81)88(67)106)92(76)114-96(110)64-36-28-23-29-37-64/h22-41,49-62,106-108H,42-48H2,1-21H3. The highest BCUT2D eigenvalue weighted by Gasteiger charge is 2.34. The van der Waals surface area contributed by atoms with Crippen molar-refractivity contribution >= 4 is 23.9 Å². The predicted molar refractivity (Wildman–Crippen MR) is 466 cm³/mol. The average Bonchev–Trinajstić information content (AvgIpc) is 0.768. The van der Waals surface area contributed by atoms with Gasteiger partial charge < -0.3 is 34.3 Å². The molecule has 12 rings (SSSR count). The Bertz CT molecular complexity index is 5220. The van der Waals surface area contributed by atoms with Gasteiger partial charge in [-0.05, 0) is 159 Å². The Morgan fingerprint density at radius 2 is 0.328 bits per heavy atom. The van der Waals surface area contributed by atoms with Crippen LogP contribution in [0.15, 0.2) is 206 Å². The minimum absolute atomic E-state index is 0.00223. The summed E-state index contributed by atoms with van der Waals surface area (Å²) in [5.41, 5.74) is 12.3. The summed E-state index contributed by atoms with van der Waals surface area (Å²) in [5.74, 6) is -1.36. The van der Waals surface area contributed by atoms with Crippen LogP contribution >= 0.6 is 0 Å². The first-order valence-corrected chi connectivity index (χ1v) is 40.5. The molecule has 14 bridgehead atoms. The number of aromatic hydroxyl groups is 3. The topological polar surface area (TPSA) is 166 Å². The molecule has 0 heterocycles. The molecule has 11 aromatic rings. The molecule has 0 radical (unpaired) electrons. The van der Waals surface area contributed by atoms with Gasteiger partial charge in [-0.1, -0.05) is 303 Å². The van der Waals surface area contributed by atoms with Crippen molar-refractivity contribution in [2.24, 2.45) is 0 Å². The molecule has 1 aliphatic rings. The van der Waals surface area contributed by atoms with Gasteiger partial charge in [0.25, 0.3) is 0 Å². The number of hydrogen-bond acceptors (Lipinski definition) is 11. The van der Waals surface area contributed by atoms with Crippen LogP contribution in [0.5, 0.6) is 40.2 Å². The van der Waals surface area contributed by atoms with Crippen molar-refractivity contribution in [2.75, 3.05) is 0 Å². The Morgan fingerprint density at radius 3 is 0.457 bits per heavy atom. The Kier molecular flexibility index (Phi) is 23.5. The lowest BCUT2D eigenvalue weighted by Gasteiger charge is -2.28. The first kappa shape index (κ1) is 84.1. The van der Waals surface area contributed by atoms with Crippen LogP contribution in [0.4, 0.5) is 0 Å².